The molecular weight excluding hydrogens is 157 g/mol. The zero-order chi connectivity index (χ0) is 6.91. The Labute approximate surface area is 60.2 Å². The van der Waals surface area contributed by atoms with Gasteiger partial charge in [0.05, 0.1) is 6.61 Å². The van der Waals surface area contributed by atoms with Crippen molar-refractivity contribution in [2.45, 2.75) is 0 Å². The molecule has 1 aliphatic heterocycles. The lowest BCUT2D eigenvalue weighted by Crippen LogP contribution is -2.09. The molecule has 1 unspecified atom stereocenters. The second kappa shape index (κ2) is 2.64. The molecule has 0 aromatic carbocycles. The Morgan fingerprint density at radius 2 is 2.44 bits per heavy atom. The Kier molecular flexibility index (Phi) is 2.24. The van der Waals surface area contributed by atoms with E-state index in [1.165, 1.54) is 0 Å². The van der Waals surface area contributed by atoms with E-state index in [0.29, 0.717) is 6.61 Å². The van der Waals surface area contributed by atoms with Crippen LogP contribution in [0.25, 0.3) is 0 Å². The molecule has 1 aliphatic rings. The van der Waals surface area contributed by atoms with Crippen molar-refractivity contribution in [2.75, 3.05) is 27.3 Å². The van der Waals surface area contributed by atoms with Gasteiger partial charge in [0.15, 0.2) is 0 Å². The van der Waals surface area contributed by atoms with E-state index in [-0.39, 0.29) is 0 Å². The normalized spacial score (nSPS) is 37.6. The van der Waals surface area contributed by atoms with Crippen LogP contribution in [0.1, 0.15) is 0 Å². The first-order valence-corrected chi connectivity index (χ1v) is 5.30. The molecule has 0 aliphatic carbocycles. The minimum atomic E-state index is -1.98. The monoisotopic (exact) mass is 167 g/mol. The lowest BCUT2D eigenvalue weighted by atomic mass is 10.7. The Hall–Kier alpha value is 0.530. The van der Waals surface area contributed by atoms with Crippen LogP contribution in [-0.2, 0) is 20.9 Å². The summed E-state index contributed by atoms with van der Waals surface area (Å²) in [5, 5.41) is 0. The number of likely N-dealkylation sites (N-methyl/N-ethyl adjacent to an activating group) is 1. The maximum atomic E-state index is 5.23. The van der Waals surface area contributed by atoms with Crippen molar-refractivity contribution in [1.82, 2.24) is 4.67 Å². The molecule has 5 heteroatoms. The summed E-state index contributed by atoms with van der Waals surface area (Å²) in [6, 6.07) is 0. The third-order valence-corrected chi connectivity index (χ3v) is 4.92. The molecule has 0 bridgehead atoms. The van der Waals surface area contributed by atoms with Gasteiger partial charge in [-0.05, 0) is 18.9 Å². The Morgan fingerprint density at radius 1 is 1.78 bits per heavy atom. The first kappa shape index (κ1) is 7.63. The minimum Gasteiger partial charge on any atom is -0.321 e. The fourth-order valence-electron chi connectivity index (χ4n) is 0.701. The standard InChI is InChI=1S/C4H10NO2PS/c1-5-3-4-7-8(5,9)6-2/h3-4H2,1-2H3. The van der Waals surface area contributed by atoms with Crippen LogP contribution in [-0.4, -0.2) is 32.0 Å². The molecule has 1 atom stereocenters. The fraction of sp³-hybridized carbons (Fsp3) is 1.00. The minimum absolute atomic E-state index is 0.710. The van der Waals surface area contributed by atoms with Crippen LogP contribution >= 0.6 is 6.64 Å². The summed E-state index contributed by atoms with van der Waals surface area (Å²) in [4.78, 5) is 0. The van der Waals surface area contributed by atoms with Crippen LogP contribution in [0, 0.1) is 0 Å². The van der Waals surface area contributed by atoms with E-state index >= 15 is 0 Å². The van der Waals surface area contributed by atoms with Crippen LogP contribution in [0.5, 0.6) is 0 Å². The molecule has 0 radical (unpaired) electrons. The molecule has 0 amide bonds. The highest BCUT2D eigenvalue weighted by atomic mass is 32.5. The largest absolute Gasteiger partial charge is 0.321 e. The second-order valence-electron chi connectivity index (χ2n) is 1.87. The van der Waals surface area contributed by atoms with Gasteiger partial charge in [-0.15, -0.1) is 0 Å². The van der Waals surface area contributed by atoms with Crippen molar-refractivity contribution in [3.05, 3.63) is 0 Å². The fourth-order valence-corrected chi connectivity index (χ4v) is 2.39. The van der Waals surface area contributed by atoms with E-state index in [0.717, 1.165) is 6.54 Å². The average Bonchev–Trinajstić information content (AvgIpc) is 2.15. The van der Waals surface area contributed by atoms with Gasteiger partial charge in [0.25, 0.3) is 6.64 Å². The molecule has 0 N–H and O–H groups in total. The SMILES string of the molecule is COP1(=S)OCCN1C. The molecule has 1 fully saturated rings. The zero-order valence-electron chi connectivity index (χ0n) is 5.53. The summed E-state index contributed by atoms with van der Waals surface area (Å²) in [5.41, 5.74) is 0. The smallest absolute Gasteiger partial charge is 0.263 e. The van der Waals surface area contributed by atoms with Crippen molar-refractivity contribution in [3.63, 3.8) is 0 Å². The summed E-state index contributed by atoms with van der Waals surface area (Å²) in [5.74, 6) is 0. The number of hydrogen-bond acceptors (Lipinski definition) is 3. The van der Waals surface area contributed by atoms with Gasteiger partial charge in [0.1, 0.15) is 0 Å². The van der Waals surface area contributed by atoms with Gasteiger partial charge in [-0.3, -0.25) is 0 Å². The summed E-state index contributed by atoms with van der Waals surface area (Å²) < 4.78 is 12.2. The third kappa shape index (κ3) is 1.33. The number of rotatable bonds is 1. The van der Waals surface area contributed by atoms with E-state index in [4.69, 9.17) is 20.9 Å². The zero-order valence-corrected chi connectivity index (χ0v) is 7.24. The van der Waals surface area contributed by atoms with Gasteiger partial charge >= 0.3 is 0 Å². The van der Waals surface area contributed by atoms with Crippen LogP contribution in [0.2, 0.25) is 0 Å². The van der Waals surface area contributed by atoms with Crippen molar-refractivity contribution in [3.8, 4) is 0 Å². The highest BCUT2D eigenvalue weighted by molar-refractivity contribution is 8.08. The molecule has 0 spiro atoms. The topological polar surface area (TPSA) is 21.7 Å². The Balaban J connectivity index is 2.68. The van der Waals surface area contributed by atoms with Gasteiger partial charge in [0, 0.05) is 13.7 Å². The maximum Gasteiger partial charge on any atom is 0.263 e. The van der Waals surface area contributed by atoms with Crippen LogP contribution in [0.3, 0.4) is 0 Å². The molecule has 1 saturated heterocycles. The van der Waals surface area contributed by atoms with Crippen molar-refractivity contribution in [1.29, 1.82) is 0 Å². The summed E-state index contributed by atoms with van der Waals surface area (Å²) in [6.45, 7) is -0.371. The van der Waals surface area contributed by atoms with E-state index in [2.05, 4.69) is 0 Å². The summed E-state index contributed by atoms with van der Waals surface area (Å²) >= 11 is 5.08. The predicted molar refractivity (Wildman–Crippen MR) is 39.9 cm³/mol. The van der Waals surface area contributed by atoms with Gasteiger partial charge in [-0.1, -0.05) is 0 Å². The van der Waals surface area contributed by atoms with Gasteiger partial charge in [0.2, 0.25) is 0 Å². The van der Waals surface area contributed by atoms with Crippen molar-refractivity contribution >= 4 is 18.4 Å². The predicted octanol–water partition coefficient (Wildman–Crippen LogP) is 0.819. The molecule has 9 heavy (non-hydrogen) atoms. The summed E-state index contributed by atoms with van der Waals surface area (Å²) in [6.07, 6.45) is 0. The molecule has 1 rings (SSSR count). The highest BCUT2D eigenvalue weighted by Crippen LogP contribution is 2.53. The first-order valence-electron chi connectivity index (χ1n) is 2.71. The molecule has 1 heterocycles. The summed E-state index contributed by atoms with van der Waals surface area (Å²) in [7, 11) is 3.53. The molecule has 3 nitrogen and oxygen atoms in total. The van der Waals surface area contributed by atoms with Gasteiger partial charge in [-0.25, -0.2) is 4.67 Å². The molecule has 0 saturated carbocycles. The number of hydrogen-bond donors (Lipinski definition) is 0. The van der Waals surface area contributed by atoms with Crippen LogP contribution in [0.15, 0.2) is 0 Å². The van der Waals surface area contributed by atoms with Gasteiger partial charge < -0.3 is 9.05 Å². The van der Waals surface area contributed by atoms with Gasteiger partial charge in [-0.2, -0.15) is 0 Å². The Morgan fingerprint density at radius 3 is 2.67 bits per heavy atom. The van der Waals surface area contributed by atoms with Crippen molar-refractivity contribution < 1.29 is 9.05 Å². The van der Waals surface area contributed by atoms with E-state index < -0.39 is 6.64 Å². The van der Waals surface area contributed by atoms with E-state index in [1.54, 1.807) is 7.11 Å². The lowest BCUT2D eigenvalue weighted by Gasteiger charge is -2.18. The average molecular weight is 167 g/mol. The molecule has 54 valence electrons. The van der Waals surface area contributed by atoms with Crippen LogP contribution in [0.4, 0.5) is 0 Å². The third-order valence-electron chi connectivity index (χ3n) is 1.32. The first-order chi connectivity index (χ1) is 4.19. The Bertz CT molecular complexity index is 152. The number of nitrogens with zero attached hydrogens (tertiary/aromatic N) is 1. The van der Waals surface area contributed by atoms with Crippen LogP contribution < -0.4 is 0 Å². The van der Waals surface area contributed by atoms with Crippen molar-refractivity contribution in [2.24, 2.45) is 0 Å². The second-order valence-corrected chi connectivity index (χ2v) is 5.49. The lowest BCUT2D eigenvalue weighted by molar-refractivity contribution is 0.315. The molecule has 0 aromatic heterocycles. The van der Waals surface area contributed by atoms with E-state index in [1.807, 2.05) is 11.7 Å². The quantitative estimate of drug-likeness (QED) is 0.539. The van der Waals surface area contributed by atoms with E-state index in [9.17, 15) is 0 Å². The molecular formula is C4H10NO2PS. The maximum absolute atomic E-state index is 5.23. The molecule has 0 aromatic rings. The highest BCUT2D eigenvalue weighted by Gasteiger charge is 2.29.